The lowest BCUT2D eigenvalue weighted by molar-refractivity contribution is 0.0934. The van der Waals surface area contributed by atoms with E-state index >= 15 is 0 Å². The molecule has 0 aliphatic carbocycles. The van der Waals surface area contributed by atoms with E-state index in [1.807, 2.05) is 6.20 Å². The first-order valence-corrected chi connectivity index (χ1v) is 6.64. The van der Waals surface area contributed by atoms with Gasteiger partial charge in [0.2, 0.25) is 0 Å². The summed E-state index contributed by atoms with van der Waals surface area (Å²) in [7, 11) is 1.71. The molecule has 0 radical (unpaired) electrons. The standard InChI is InChI=1S/C13H23N3O2/c1-11-12(8-14-5-7-17-2)9-15-16(11)10-13-4-3-6-18-13/h9,13-14H,3-8,10H2,1-2H3. The molecule has 1 atom stereocenters. The average molecular weight is 253 g/mol. The molecule has 2 heterocycles. The van der Waals surface area contributed by atoms with Gasteiger partial charge in [0, 0.05) is 38.1 Å². The van der Waals surface area contributed by atoms with Crippen LogP contribution in [0.2, 0.25) is 0 Å². The Kier molecular flexibility index (Phi) is 5.16. The minimum atomic E-state index is 0.345. The van der Waals surface area contributed by atoms with Gasteiger partial charge in [0.05, 0.1) is 25.5 Å². The summed E-state index contributed by atoms with van der Waals surface area (Å²) in [6.45, 7) is 6.35. The summed E-state index contributed by atoms with van der Waals surface area (Å²) in [6.07, 6.45) is 4.62. The largest absolute Gasteiger partial charge is 0.383 e. The maximum atomic E-state index is 5.64. The summed E-state index contributed by atoms with van der Waals surface area (Å²) in [5.74, 6) is 0. The van der Waals surface area contributed by atoms with Crippen LogP contribution in [-0.4, -0.2) is 42.8 Å². The number of hydrogen-bond donors (Lipinski definition) is 1. The van der Waals surface area contributed by atoms with E-state index in [9.17, 15) is 0 Å². The van der Waals surface area contributed by atoms with Crippen molar-refractivity contribution in [2.24, 2.45) is 0 Å². The topological polar surface area (TPSA) is 48.3 Å². The van der Waals surface area contributed by atoms with E-state index in [0.717, 1.165) is 39.3 Å². The van der Waals surface area contributed by atoms with Gasteiger partial charge in [-0.05, 0) is 19.8 Å². The lowest BCUT2D eigenvalue weighted by atomic mass is 10.2. The molecule has 0 saturated carbocycles. The van der Waals surface area contributed by atoms with E-state index in [-0.39, 0.29) is 0 Å². The first kappa shape index (κ1) is 13.5. The second-order valence-corrected chi connectivity index (χ2v) is 4.74. The molecule has 1 fully saturated rings. The van der Waals surface area contributed by atoms with Gasteiger partial charge in [-0.15, -0.1) is 0 Å². The molecule has 1 N–H and O–H groups in total. The SMILES string of the molecule is COCCNCc1cnn(CC2CCCO2)c1C. The van der Waals surface area contributed by atoms with Gasteiger partial charge < -0.3 is 14.8 Å². The molecule has 2 rings (SSSR count). The zero-order valence-electron chi connectivity index (χ0n) is 11.3. The molecular weight excluding hydrogens is 230 g/mol. The zero-order chi connectivity index (χ0) is 12.8. The third-order valence-electron chi connectivity index (χ3n) is 3.40. The fourth-order valence-corrected chi connectivity index (χ4v) is 2.22. The third kappa shape index (κ3) is 3.54. The predicted octanol–water partition coefficient (Wildman–Crippen LogP) is 1.11. The Morgan fingerprint density at radius 3 is 3.22 bits per heavy atom. The van der Waals surface area contributed by atoms with E-state index in [1.54, 1.807) is 7.11 Å². The quantitative estimate of drug-likeness (QED) is 0.739. The van der Waals surface area contributed by atoms with Crippen LogP contribution in [0.15, 0.2) is 6.20 Å². The smallest absolute Gasteiger partial charge is 0.0771 e. The minimum Gasteiger partial charge on any atom is -0.383 e. The maximum absolute atomic E-state index is 5.64. The average Bonchev–Trinajstić information content (AvgIpc) is 2.99. The number of nitrogens with one attached hydrogen (secondary N) is 1. The molecule has 1 saturated heterocycles. The Bertz CT molecular complexity index is 359. The predicted molar refractivity (Wildman–Crippen MR) is 69.5 cm³/mol. The Labute approximate surface area is 108 Å². The van der Waals surface area contributed by atoms with Gasteiger partial charge in [-0.1, -0.05) is 0 Å². The highest BCUT2D eigenvalue weighted by molar-refractivity contribution is 5.15. The van der Waals surface area contributed by atoms with Gasteiger partial charge >= 0.3 is 0 Å². The van der Waals surface area contributed by atoms with E-state index in [0.29, 0.717) is 6.10 Å². The van der Waals surface area contributed by atoms with E-state index < -0.39 is 0 Å². The number of rotatable bonds is 7. The van der Waals surface area contributed by atoms with Crippen molar-refractivity contribution in [2.75, 3.05) is 26.9 Å². The summed E-state index contributed by atoms with van der Waals surface area (Å²) >= 11 is 0. The molecule has 18 heavy (non-hydrogen) atoms. The molecule has 1 aliphatic rings. The number of ether oxygens (including phenoxy) is 2. The molecule has 0 aromatic carbocycles. The molecule has 0 bridgehead atoms. The van der Waals surface area contributed by atoms with Crippen LogP contribution < -0.4 is 5.32 Å². The minimum absolute atomic E-state index is 0.345. The van der Waals surface area contributed by atoms with Crippen molar-refractivity contribution >= 4 is 0 Å². The zero-order valence-corrected chi connectivity index (χ0v) is 11.3. The van der Waals surface area contributed by atoms with Crippen molar-refractivity contribution in [1.29, 1.82) is 0 Å². The highest BCUT2D eigenvalue weighted by atomic mass is 16.5. The highest BCUT2D eigenvalue weighted by Gasteiger charge is 2.17. The summed E-state index contributed by atoms with van der Waals surface area (Å²) in [6, 6.07) is 0. The molecule has 0 amide bonds. The molecule has 1 aromatic rings. The van der Waals surface area contributed by atoms with Crippen molar-refractivity contribution in [3.8, 4) is 0 Å². The van der Waals surface area contributed by atoms with Crippen molar-refractivity contribution < 1.29 is 9.47 Å². The lowest BCUT2D eigenvalue weighted by Gasteiger charge is -2.11. The van der Waals surface area contributed by atoms with Gasteiger partial charge in [0.15, 0.2) is 0 Å². The number of methoxy groups -OCH3 is 1. The number of aromatic nitrogens is 2. The number of hydrogen-bond acceptors (Lipinski definition) is 4. The van der Waals surface area contributed by atoms with E-state index in [4.69, 9.17) is 9.47 Å². The Balaban J connectivity index is 1.83. The molecule has 1 aliphatic heterocycles. The van der Waals surface area contributed by atoms with Gasteiger partial charge in [-0.3, -0.25) is 4.68 Å². The van der Waals surface area contributed by atoms with Crippen molar-refractivity contribution in [2.45, 2.75) is 39.0 Å². The second-order valence-electron chi connectivity index (χ2n) is 4.74. The van der Waals surface area contributed by atoms with Gasteiger partial charge in [-0.25, -0.2) is 0 Å². The van der Waals surface area contributed by atoms with Gasteiger partial charge in [0.1, 0.15) is 0 Å². The van der Waals surface area contributed by atoms with Crippen molar-refractivity contribution in [3.63, 3.8) is 0 Å². The van der Waals surface area contributed by atoms with Crippen LogP contribution in [0.4, 0.5) is 0 Å². The van der Waals surface area contributed by atoms with E-state index in [1.165, 1.54) is 17.7 Å². The Morgan fingerprint density at radius 2 is 2.50 bits per heavy atom. The third-order valence-corrected chi connectivity index (χ3v) is 3.40. The van der Waals surface area contributed by atoms with Crippen LogP contribution in [0.3, 0.4) is 0 Å². The lowest BCUT2D eigenvalue weighted by Crippen LogP contribution is -2.20. The fraction of sp³-hybridized carbons (Fsp3) is 0.769. The van der Waals surface area contributed by atoms with Gasteiger partial charge in [0.25, 0.3) is 0 Å². The highest BCUT2D eigenvalue weighted by Crippen LogP contribution is 2.15. The molecule has 5 nitrogen and oxygen atoms in total. The maximum Gasteiger partial charge on any atom is 0.0771 e. The molecule has 1 aromatic heterocycles. The van der Waals surface area contributed by atoms with Crippen molar-refractivity contribution in [3.05, 3.63) is 17.5 Å². The normalized spacial score (nSPS) is 19.6. The van der Waals surface area contributed by atoms with Crippen LogP contribution in [0.1, 0.15) is 24.1 Å². The Hall–Kier alpha value is -0.910. The fourth-order valence-electron chi connectivity index (χ4n) is 2.22. The van der Waals surface area contributed by atoms with Crippen molar-refractivity contribution in [1.82, 2.24) is 15.1 Å². The summed E-state index contributed by atoms with van der Waals surface area (Å²) in [4.78, 5) is 0. The summed E-state index contributed by atoms with van der Waals surface area (Å²) in [5, 5.41) is 7.78. The van der Waals surface area contributed by atoms with Crippen LogP contribution in [0.25, 0.3) is 0 Å². The van der Waals surface area contributed by atoms with Crippen LogP contribution in [0.5, 0.6) is 0 Å². The molecule has 102 valence electrons. The summed E-state index contributed by atoms with van der Waals surface area (Å²) < 4.78 is 12.7. The first-order valence-electron chi connectivity index (χ1n) is 6.64. The first-order chi connectivity index (χ1) is 8.81. The van der Waals surface area contributed by atoms with Crippen LogP contribution >= 0.6 is 0 Å². The molecular formula is C13H23N3O2. The molecule has 0 spiro atoms. The van der Waals surface area contributed by atoms with Crippen LogP contribution in [0, 0.1) is 6.92 Å². The summed E-state index contributed by atoms with van der Waals surface area (Å²) in [5.41, 5.74) is 2.49. The second kappa shape index (κ2) is 6.87. The Morgan fingerprint density at radius 1 is 1.61 bits per heavy atom. The van der Waals surface area contributed by atoms with Crippen LogP contribution in [-0.2, 0) is 22.6 Å². The molecule has 1 unspecified atom stereocenters. The molecule has 5 heteroatoms. The van der Waals surface area contributed by atoms with Gasteiger partial charge in [-0.2, -0.15) is 5.10 Å². The van der Waals surface area contributed by atoms with E-state index in [2.05, 4.69) is 22.0 Å². The number of nitrogens with zero attached hydrogens (tertiary/aromatic N) is 2. The monoisotopic (exact) mass is 253 g/mol.